The number of furan rings is 2. The van der Waals surface area contributed by atoms with E-state index in [2.05, 4.69) is 4.98 Å². The van der Waals surface area contributed by atoms with Crippen molar-refractivity contribution in [1.82, 2.24) is 4.98 Å². The molecule has 6 heteroatoms. The van der Waals surface area contributed by atoms with Crippen molar-refractivity contribution in [1.29, 1.82) is 0 Å². The molecule has 3 aromatic rings. The maximum atomic E-state index is 11.0. The van der Waals surface area contributed by atoms with E-state index < -0.39 is 5.91 Å². The van der Waals surface area contributed by atoms with Gasteiger partial charge in [0.2, 0.25) is 0 Å². The lowest BCUT2D eigenvalue weighted by molar-refractivity contribution is 0.0999. The molecule has 1 amide bonds. The van der Waals surface area contributed by atoms with Crippen LogP contribution in [0.2, 0.25) is 0 Å². The van der Waals surface area contributed by atoms with Gasteiger partial charge in [-0.25, -0.2) is 4.98 Å². The van der Waals surface area contributed by atoms with Gasteiger partial charge in [-0.05, 0) is 12.1 Å². The first-order valence-electron chi connectivity index (χ1n) is 5.11. The lowest BCUT2D eigenvalue weighted by Gasteiger charge is -1.88. The Hall–Kier alpha value is -2.34. The molecular weight excluding hydrogens is 252 g/mol. The van der Waals surface area contributed by atoms with Gasteiger partial charge in [-0.3, -0.25) is 4.79 Å². The van der Waals surface area contributed by atoms with Gasteiger partial charge in [0, 0.05) is 10.9 Å². The first-order valence-corrected chi connectivity index (χ1v) is 5.99. The zero-order chi connectivity index (χ0) is 12.5. The zero-order valence-electron chi connectivity index (χ0n) is 9.12. The SMILES string of the molecule is NC(=O)c1coc(-c2csc(-c3ccoc3)n2)c1. The maximum Gasteiger partial charge on any atom is 0.251 e. The van der Waals surface area contributed by atoms with E-state index in [9.17, 15) is 4.79 Å². The third kappa shape index (κ3) is 1.82. The van der Waals surface area contributed by atoms with Gasteiger partial charge >= 0.3 is 0 Å². The van der Waals surface area contributed by atoms with Gasteiger partial charge in [0.1, 0.15) is 23.2 Å². The van der Waals surface area contributed by atoms with E-state index in [0.29, 0.717) is 17.0 Å². The van der Waals surface area contributed by atoms with Crippen LogP contribution < -0.4 is 5.73 Å². The highest BCUT2D eigenvalue weighted by atomic mass is 32.1. The lowest BCUT2D eigenvalue weighted by atomic mass is 10.2. The predicted molar refractivity (Wildman–Crippen MR) is 66.0 cm³/mol. The molecule has 0 unspecified atom stereocenters. The fourth-order valence-corrected chi connectivity index (χ4v) is 2.30. The van der Waals surface area contributed by atoms with Gasteiger partial charge in [0.15, 0.2) is 5.76 Å². The van der Waals surface area contributed by atoms with Crippen molar-refractivity contribution in [2.24, 2.45) is 5.73 Å². The highest BCUT2D eigenvalue weighted by molar-refractivity contribution is 7.13. The van der Waals surface area contributed by atoms with Crippen LogP contribution in [-0.4, -0.2) is 10.9 Å². The number of hydrogen-bond acceptors (Lipinski definition) is 5. The minimum atomic E-state index is -0.518. The normalized spacial score (nSPS) is 10.7. The third-order valence-corrected chi connectivity index (χ3v) is 3.30. The number of aromatic nitrogens is 1. The summed E-state index contributed by atoms with van der Waals surface area (Å²) in [6.07, 6.45) is 4.54. The molecule has 0 aliphatic rings. The Bertz CT molecular complexity index is 682. The van der Waals surface area contributed by atoms with E-state index in [4.69, 9.17) is 14.6 Å². The van der Waals surface area contributed by atoms with Gasteiger partial charge in [-0.15, -0.1) is 11.3 Å². The second-order valence-corrected chi connectivity index (χ2v) is 4.47. The minimum absolute atomic E-state index is 0.336. The summed E-state index contributed by atoms with van der Waals surface area (Å²) in [7, 11) is 0. The smallest absolute Gasteiger partial charge is 0.251 e. The Kier molecular flexibility index (Phi) is 2.49. The minimum Gasteiger partial charge on any atom is -0.472 e. The second kappa shape index (κ2) is 4.15. The number of nitrogens with zero attached hydrogens (tertiary/aromatic N) is 1. The molecule has 0 saturated heterocycles. The van der Waals surface area contributed by atoms with E-state index in [-0.39, 0.29) is 0 Å². The van der Waals surface area contributed by atoms with Crippen LogP contribution in [0.25, 0.3) is 22.0 Å². The van der Waals surface area contributed by atoms with Crippen molar-refractivity contribution < 1.29 is 13.6 Å². The summed E-state index contributed by atoms with van der Waals surface area (Å²) in [6, 6.07) is 3.41. The van der Waals surface area contributed by atoms with Crippen LogP contribution in [0.5, 0.6) is 0 Å². The molecule has 3 aromatic heterocycles. The van der Waals surface area contributed by atoms with Crippen LogP contribution in [-0.2, 0) is 0 Å². The molecule has 0 radical (unpaired) electrons. The van der Waals surface area contributed by atoms with Gasteiger partial charge in [0.25, 0.3) is 5.91 Å². The number of amides is 1. The molecule has 0 bridgehead atoms. The monoisotopic (exact) mass is 260 g/mol. The molecule has 3 rings (SSSR count). The van der Waals surface area contributed by atoms with E-state index in [1.54, 1.807) is 18.6 Å². The average Bonchev–Trinajstić information content (AvgIpc) is 3.10. The summed E-state index contributed by atoms with van der Waals surface area (Å²) >= 11 is 1.47. The largest absolute Gasteiger partial charge is 0.472 e. The highest BCUT2D eigenvalue weighted by Crippen LogP contribution is 2.29. The van der Waals surface area contributed by atoms with Gasteiger partial charge in [0.05, 0.1) is 11.8 Å². The Balaban J connectivity index is 1.95. The van der Waals surface area contributed by atoms with Crippen LogP contribution >= 0.6 is 11.3 Å². The predicted octanol–water partition coefficient (Wildman–Crippen LogP) is 2.76. The standard InChI is InChI=1S/C12H8N2O3S/c13-11(15)8-3-10(17-5-8)9-6-18-12(14-9)7-1-2-16-4-7/h1-6H,(H2,13,15). The Morgan fingerprint density at radius 1 is 1.39 bits per heavy atom. The van der Waals surface area contributed by atoms with Crippen LogP contribution in [0.4, 0.5) is 0 Å². The molecular formula is C12H8N2O3S. The van der Waals surface area contributed by atoms with Crippen molar-refractivity contribution in [3.8, 4) is 22.0 Å². The summed E-state index contributed by atoms with van der Waals surface area (Å²) in [5, 5.41) is 2.68. The second-order valence-electron chi connectivity index (χ2n) is 3.61. The number of nitrogens with two attached hydrogens (primary N) is 1. The summed E-state index contributed by atoms with van der Waals surface area (Å²) in [4.78, 5) is 15.4. The summed E-state index contributed by atoms with van der Waals surface area (Å²) in [5.74, 6) is 0.00471. The van der Waals surface area contributed by atoms with Crippen molar-refractivity contribution in [2.75, 3.05) is 0 Å². The summed E-state index contributed by atoms with van der Waals surface area (Å²) in [6.45, 7) is 0. The molecule has 0 saturated carbocycles. The van der Waals surface area contributed by atoms with Gasteiger partial charge in [-0.2, -0.15) is 0 Å². The number of hydrogen-bond donors (Lipinski definition) is 1. The van der Waals surface area contributed by atoms with E-state index in [0.717, 1.165) is 10.6 Å². The zero-order valence-corrected chi connectivity index (χ0v) is 9.94. The van der Waals surface area contributed by atoms with E-state index in [1.807, 2.05) is 11.4 Å². The van der Waals surface area contributed by atoms with Crippen LogP contribution in [0.1, 0.15) is 10.4 Å². The molecule has 2 N–H and O–H groups in total. The molecule has 90 valence electrons. The van der Waals surface area contributed by atoms with Crippen molar-refractivity contribution in [3.05, 3.63) is 41.9 Å². The number of carbonyl (C=O) groups excluding carboxylic acids is 1. The van der Waals surface area contributed by atoms with E-state index >= 15 is 0 Å². The molecule has 3 heterocycles. The molecule has 0 aliphatic heterocycles. The van der Waals surface area contributed by atoms with Crippen LogP contribution in [0.3, 0.4) is 0 Å². The number of thiazole rings is 1. The van der Waals surface area contributed by atoms with Crippen molar-refractivity contribution in [3.63, 3.8) is 0 Å². The topological polar surface area (TPSA) is 82.3 Å². The third-order valence-electron chi connectivity index (χ3n) is 2.41. The molecule has 0 atom stereocenters. The van der Waals surface area contributed by atoms with Crippen LogP contribution in [0.15, 0.2) is 45.1 Å². The number of carbonyl (C=O) groups is 1. The number of rotatable bonds is 3. The quantitative estimate of drug-likeness (QED) is 0.784. The Morgan fingerprint density at radius 2 is 2.28 bits per heavy atom. The number of primary amides is 1. The molecule has 0 aromatic carbocycles. The van der Waals surface area contributed by atoms with Gasteiger partial charge < -0.3 is 14.6 Å². The molecule has 0 spiro atoms. The highest BCUT2D eigenvalue weighted by Gasteiger charge is 2.12. The first-order chi connectivity index (χ1) is 8.74. The summed E-state index contributed by atoms with van der Waals surface area (Å²) in [5.41, 5.74) is 7.07. The lowest BCUT2D eigenvalue weighted by Crippen LogP contribution is -2.09. The van der Waals surface area contributed by atoms with Gasteiger partial charge in [-0.1, -0.05) is 0 Å². The average molecular weight is 260 g/mol. The first kappa shape index (κ1) is 10.8. The summed E-state index contributed by atoms with van der Waals surface area (Å²) < 4.78 is 10.3. The fraction of sp³-hybridized carbons (Fsp3) is 0. The van der Waals surface area contributed by atoms with E-state index in [1.165, 1.54) is 17.6 Å². The molecule has 0 fully saturated rings. The fourth-order valence-electron chi connectivity index (χ4n) is 1.51. The Morgan fingerprint density at radius 3 is 2.94 bits per heavy atom. The van der Waals surface area contributed by atoms with Crippen LogP contribution in [0, 0.1) is 0 Å². The van der Waals surface area contributed by atoms with Crippen molar-refractivity contribution in [2.45, 2.75) is 0 Å². The molecule has 0 aliphatic carbocycles. The Labute approximate surface area is 106 Å². The van der Waals surface area contributed by atoms with Crippen molar-refractivity contribution >= 4 is 17.2 Å². The maximum absolute atomic E-state index is 11.0. The molecule has 5 nitrogen and oxygen atoms in total. The molecule has 18 heavy (non-hydrogen) atoms.